The van der Waals surface area contributed by atoms with Gasteiger partial charge in [-0.1, -0.05) is 37.3 Å². The van der Waals surface area contributed by atoms with E-state index in [1.807, 2.05) is 6.07 Å². The molecule has 0 aliphatic carbocycles. The summed E-state index contributed by atoms with van der Waals surface area (Å²) in [4.78, 5) is 16.5. The van der Waals surface area contributed by atoms with Crippen LogP contribution in [0.5, 0.6) is 17.2 Å². The standard InChI is InChI=1S/C20H25NO2.C9H11NO3/c1-4-15-5-7-16(8-6-15)14-23-19-10-9-17(11-20(19)22-3)18-12-21(2)13-18;1-12-4-5-13-9-2-3-10-8(6-9)7-11/h5-11,18H,4,12-14H2,1-3H3;2-3,6-7H,4-5H2,1H3. The Morgan fingerprint density at radius 2 is 1.69 bits per heavy atom. The van der Waals surface area contributed by atoms with Crippen molar-refractivity contribution in [2.45, 2.75) is 25.9 Å². The maximum absolute atomic E-state index is 10.3. The fourth-order valence-corrected chi connectivity index (χ4v) is 3.82. The van der Waals surface area contributed by atoms with Crippen molar-refractivity contribution in [1.82, 2.24) is 9.88 Å². The molecule has 1 aromatic heterocycles. The lowest BCUT2D eigenvalue weighted by Crippen LogP contribution is -2.41. The Hall–Kier alpha value is -3.42. The number of hydrogen-bond donors (Lipinski definition) is 0. The number of carbonyl (C=O) groups excluding carboxylic acids is 1. The smallest absolute Gasteiger partial charge is 0.168 e. The van der Waals surface area contributed by atoms with E-state index in [0.717, 1.165) is 31.0 Å². The molecule has 0 bridgehead atoms. The van der Waals surface area contributed by atoms with Gasteiger partial charge in [0.2, 0.25) is 0 Å². The van der Waals surface area contributed by atoms with Crippen LogP contribution in [0.4, 0.5) is 0 Å². The van der Waals surface area contributed by atoms with E-state index >= 15 is 0 Å². The van der Waals surface area contributed by atoms with Crippen molar-refractivity contribution in [3.05, 3.63) is 83.2 Å². The van der Waals surface area contributed by atoms with Gasteiger partial charge in [-0.3, -0.25) is 9.78 Å². The van der Waals surface area contributed by atoms with E-state index in [4.69, 9.17) is 18.9 Å². The SMILES string of the molecule is CCc1ccc(COc2ccc(C3CN(C)C3)cc2OC)cc1.COCCOc1ccnc(C=O)c1. The summed E-state index contributed by atoms with van der Waals surface area (Å²) in [6.07, 6.45) is 3.28. The first-order valence-corrected chi connectivity index (χ1v) is 12.2. The summed E-state index contributed by atoms with van der Waals surface area (Å²) in [5.74, 6) is 2.88. The number of benzene rings is 2. The molecule has 1 fully saturated rings. The number of hydrogen-bond acceptors (Lipinski definition) is 7. The van der Waals surface area contributed by atoms with Crippen molar-refractivity contribution in [3.63, 3.8) is 0 Å². The van der Waals surface area contributed by atoms with Gasteiger partial charge >= 0.3 is 0 Å². The van der Waals surface area contributed by atoms with Crippen molar-refractivity contribution in [2.75, 3.05) is 47.6 Å². The third-order valence-corrected chi connectivity index (χ3v) is 5.98. The van der Waals surface area contributed by atoms with Crippen LogP contribution in [0, 0.1) is 0 Å². The van der Waals surface area contributed by atoms with Crippen LogP contribution in [0.15, 0.2) is 60.8 Å². The predicted octanol–water partition coefficient (Wildman–Crippen LogP) is 4.78. The second-order valence-corrected chi connectivity index (χ2v) is 8.66. The van der Waals surface area contributed by atoms with Gasteiger partial charge in [-0.2, -0.15) is 0 Å². The maximum Gasteiger partial charge on any atom is 0.168 e. The third-order valence-electron chi connectivity index (χ3n) is 5.98. The van der Waals surface area contributed by atoms with Crippen LogP contribution in [0.3, 0.4) is 0 Å². The molecule has 1 aliphatic heterocycles. The van der Waals surface area contributed by atoms with Gasteiger partial charge in [0.05, 0.1) is 13.7 Å². The zero-order valence-electron chi connectivity index (χ0n) is 21.6. The lowest BCUT2D eigenvalue weighted by molar-refractivity contribution is 0.111. The number of aryl methyl sites for hydroxylation is 1. The molecule has 2 aromatic carbocycles. The Morgan fingerprint density at radius 3 is 2.33 bits per heavy atom. The summed E-state index contributed by atoms with van der Waals surface area (Å²) < 4.78 is 21.6. The number of ether oxygens (including phenoxy) is 4. The quantitative estimate of drug-likeness (QED) is 0.282. The number of nitrogens with zero attached hydrogens (tertiary/aromatic N) is 2. The minimum absolute atomic E-state index is 0.370. The molecule has 0 saturated carbocycles. The van der Waals surface area contributed by atoms with Crippen LogP contribution in [-0.2, 0) is 17.8 Å². The van der Waals surface area contributed by atoms with Crippen molar-refractivity contribution in [1.29, 1.82) is 0 Å². The van der Waals surface area contributed by atoms with Gasteiger partial charge in [0.25, 0.3) is 0 Å². The topological polar surface area (TPSA) is 70.1 Å². The third kappa shape index (κ3) is 8.07. The Bertz CT molecular complexity index is 1080. The number of aldehydes is 1. The average Bonchev–Trinajstić information content (AvgIpc) is 2.91. The summed E-state index contributed by atoms with van der Waals surface area (Å²) in [5, 5.41) is 0. The van der Waals surface area contributed by atoms with Crippen LogP contribution in [0.2, 0.25) is 0 Å². The number of pyridine rings is 1. The molecule has 0 unspecified atom stereocenters. The summed E-state index contributed by atoms with van der Waals surface area (Å²) in [6.45, 7) is 5.96. The molecule has 0 N–H and O–H groups in total. The normalized spacial score (nSPS) is 13.2. The van der Waals surface area contributed by atoms with Crippen LogP contribution >= 0.6 is 0 Å². The molecule has 7 nitrogen and oxygen atoms in total. The van der Waals surface area contributed by atoms with Gasteiger partial charge in [0.1, 0.15) is 24.7 Å². The minimum Gasteiger partial charge on any atom is -0.493 e. The molecule has 7 heteroatoms. The van der Waals surface area contributed by atoms with E-state index in [1.165, 1.54) is 22.9 Å². The van der Waals surface area contributed by atoms with Crippen molar-refractivity contribution in [2.24, 2.45) is 0 Å². The number of likely N-dealkylation sites (N-methyl/N-ethyl adjacent to an activating group) is 1. The van der Waals surface area contributed by atoms with Crippen LogP contribution < -0.4 is 14.2 Å². The van der Waals surface area contributed by atoms with E-state index in [1.54, 1.807) is 26.4 Å². The second kappa shape index (κ2) is 14.2. The number of carbonyl (C=O) groups is 1. The monoisotopic (exact) mass is 492 g/mol. The second-order valence-electron chi connectivity index (χ2n) is 8.66. The Kier molecular flexibility index (Phi) is 10.7. The van der Waals surface area contributed by atoms with Crippen LogP contribution in [0.25, 0.3) is 0 Å². The largest absolute Gasteiger partial charge is 0.493 e. The molecule has 192 valence electrons. The Morgan fingerprint density at radius 1 is 0.944 bits per heavy atom. The molecule has 36 heavy (non-hydrogen) atoms. The Balaban J connectivity index is 0.000000236. The highest BCUT2D eigenvalue weighted by Gasteiger charge is 2.25. The van der Waals surface area contributed by atoms with Crippen LogP contribution in [0.1, 0.15) is 40.0 Å². The van der Waals surface area contributed by atoms with E-state index in [-0.39, 0.29) is 0 Å². The van der Waals surface area contributed by atoms with Gasteiger partial charge in [0, 0.05) is 38.4 Å². The van der Waals surface area contributed by atoms with E-state index < -0.39 is 0 Å². The summed E-state index contributed by atoms with van der Waals surface area (Å²) in [7, 11) is 5.46. The highest BCUT2D eigenvalue weighted by atomic mass is 16.5. The summed E-state index contributed by atoms with van der Waals surface area (Å²) >= 11 is 0. The molecule has 4 rings (SSSR count). The molecule has 0 spiro atoms. The van der Waals surface area contributed by atoms with Gasteiger partial charge in [-0.25, -0.2) is 0 Å². The molecule has 0 atom stereocenters. The van der Waals surface area contributed by atoms with Crippen molar-refractivity contribution >= 4 is 6.29 Å². The highest BCUT2D eigenvalue weighted by molar-refractivity contribution is 5.72. The zero-order chi connectivity index (χ0) is 25.8. The molecular weight excluding hydrogens is 456 g/mol. The van der Waals surface area contributed by atoms with Gasteiger partial charge in [0.15, 0.2) is 17.8 Å². The fraction of sp³-hybridized carbons (Fsp3) is 0.379. The maximum atomic E-state index is 10.3. The Labute approximate surface area is 214 Å². The van der Waals surface area contributed by atoms with E-state index in [0.29, 0.717) is 43.5 Å². The minimum atomic E-state index is 0.370. The summed E-state index contributed by atoms with van der Waals surface area (Å²) in [6, 6.07) is 18.2. The number of rotatable bonds is 11. The number of aromatic nitrogens is 1. The average molecular weight is 493 g/mol. The molecule has 0 radical (unpaired) electrons. The molecule has 1 aliphatic rings. The molecule has 1 saturated heterocycles. The molecular formula is C29H36N2O5. The van der Waals surface area contributed by atoms with E-state index in [2.05, 4.69) is 60.3 Å². The van der Waals surface area contributed by atoms with Gasteiger partial charge < -0.3 is 23.8 Å². The predicted molar refractivity (Wildman–Crippen MR) is 140 cm³/mol. The zero-order valence-corrected chi connectivity index (χ0v) is 21.6. The first-order valence-electron chi connectivity index (χ1n) is 12.2. The van der Waals surface area contributed by atoms with Gasteiger partial charge in [-0.05, 0) is 48.4 Å². The van der Waals surface area contributed by atoms with Crippen molar-refractivity contribution in [3.8, 4) is 17.2 Å². The fourth-order valence-electron chi connectivity index (χ4n) is 3.82. The van der Waals surface area contributed by atoms with Crippen LogP contribution in [-0.4, -0.2) is 63.7 Å². The first-order chi connectivity index (χ1) is 17.6. The molecule has 2 heterocycles. The number of methoxy groups -OCH3 is 2. The summed E-state index contributed by atoms with van der Waals surface area (Å²) in [5.41, 5.74) is 4.23. The highest BCUT2D eigenvalue weighted by Crippen LogP contribution is 2.34. The number of likely N-dealkylation sites (tertiary alicyclic amines) is 1. The lowest BCUT2D eigenvalue weighted by atomic mass is 9.92. The van der Waals surface area contributed by atoms with E-state index in [9.17, 15) is 4.79 Å². The molecule has 0 amide bonds. The molecule has 3 aromatic rings. The lowest BCUT2D eigenvalue weighted by Gasteiger charge is -2.36. The van der Waals surface area contributed by atoms with Gasteiger partial charge in [-0.15, -0.1) is 0 Å². The first kappa shape index (κ1) is 27.2. The van der Waals surface area contributed by atoms with Crippen molar-refractivity contribution < 1.29 is 23.7 Å².